The Hall–Kier alpha value is -2.77. The van der Waals surface area contributed by atoms with Crippen LogP contribution < -0.4 is 0 Å². The molecule has 0 saturated carbocycles. The van der Waals surface area contributed by atoms with Crippen molar-refractivity contribution in [1.29, 1.82) is 0 Å². The van der Waals surface area contributed by atoms with E-state index in [-0.39, 0.29) is 24.9 Å². The molecule has 0 aliphatic carbocycles. The number of carbonyl (C=O) groups excluding carboxylic acids is 1. The van der Waals surface area contributed by atoms with Crippen molar-refractivity contribution < 1.29 is 28.8 Å². The van der Waals surface area contributed by atoms with E-state index in [0.29, 0.717) is 13.2 Å². The van der Waals surface area contributed by atoms with Gasteiger partial charge in [0, 0.05) is 6.08 Å². The monoisotopic (exact) mass is 436 g/mol. The molecule has 168 valence electrons. The lowest BCUT2D eigenvalue weighted by molar-refractivity contribution is -0.326. The van der Waals surface area contributed by atoms with Crippen molar-refractivity contribution in [3.63, 3.8) is 0 Å². The lowest BCUT2D eigenvalue weighted by Gasteiger charge is -2.16. The van der Waals surface area contributed by atoms with Crippen LogP contribution in [0.25, 0.3) is 12.2 Å². The zero-order valence-corrected chi connectivity index (χ0v) is 18.3. The molecule has 4 rings (SSSR count). The zero-order valence-electron chi connectivity index (χ0n) is 18.3. The zero-order chi connectivity index (χ0) is 22.3. The molecule has 0 radical (unpaired) electrons. The highest BCUT2D eigenvalue weighted by Crippen LogP contribution is 2.30. The van der Waals surface area contributed by atoms with Crippen LogP contribution in [0, 0.1) is 13.8 Å². The van der Waals surface area contributed by atoms with Gasteiger partial charge in [0.2, 0.25) is 0 Å². The van der Waals surface area contributed by atoms with Crippen molar-refractivity contribution in [1.82, 2.24) is 0 Å². The van der Waals surface area contributed by atoms with Crippen molar-refractivity contribution in [3.8, 4) is 0 Å². The highest BCUT2D eigenvalue weighted by molar-refractivity contribution is 5.87. The Balaban J connectivity index is 1.19. The van der Waals surface area contributed by atoms with Gasteiger partial charge in [0.15, 0.2) is 6.10 Å². The largest absolute Gasteiger partial charge is 0.454 e. The van der Waals surface area contributed by atoms with Crippen molar-refractivity contribution in [2.24, 2.45) is 0 Å². The number of hydrogen-bond donors (Lipinski definition) is 0. The predicted molar refractivity (Wildman–Crippen MR) is 121 cm³/mol. The van der Waals surface area contributed by atoms with E-state index in [2.05, 4.69) is 19.1 Å². The molecule has 2 aliphatic heterocycles. The lowest BCUT2D eigenvalue weighted by Crippen LogP contribution is -2.34. The third-order valence-electron chi connectivity index (χ3n) is 5.46. The van der Waals surface area contributed by atoms with Crippen molar-refractivity contribution in [2.45, 2.75) is 38.3 Å². The van der Waals surface area contributed by atoms with Gasteiger partial charge in [0.1, 0.15) is 24.9 Å². The summed E-state index contributed by atoms with van der Waals surface area (Å²) in [6.45, 7) is 4.98. The molecule has 2 heterocycles. The second kappa shape index (κ2) is 10.7. The number of hydrogen-bond acceptors (Lipinski definition) is 6. The maximum atomic E-state index is 12.2. The van der Waals surface area contributed by atoms with E-state index in [0.717, 1.165) is 11.1 Å². The molecule has 0 spiro atoms. The number of aryl methyl sites for hydroxylation is 2. The minimum Gasteiger partial charge on any atom is -0.454 e. The summed E-state index contributed by atoms with van der Waals surface area (Å²) in [5.74, 6) is -0.426. The Bertz CT molecular complexity index is 947. The van der Waals surface area contributed by atoms with E-state index in [9.17, 15) is 4.79 Å². The van der Waals surface area contributed by atoms with E-state index in [1.807, 2.05) is 55.5 Å². The van der Waals surface area contributed by atoms with Gasteiger partial charge in [-0.25, -0.2) is 14.6 Å². The Morgan fingerprint density at radius 1 is 0.875 bits per heavy atom. The van der Waals surface area contributed by atoms with Gasteiger partial charge in [-0.05, 0) is 31.1 Å². The number of benzene rings is 2. The topological polar surface area (TPSA) is 63.2 Å². The Labute approximate surface area is 188 Å². The van der Waals surface area contributed by atoms with Crippen molar-refractivity contribution in [2.75, 3.05) is 19.8 Å². The summed E-state index contributed by atoms with van der Waals surface area (Å²) in [7, 11) is 0. The molecule has 2 aliphatic rings. The molecule has 2 aromatic rings. The Kier molecular flexibility index (Phi) is 7.50. The highest BCUT2D eigenvalue weighted by Gasteiger charge is 2.50. The van der Waals surface area contributed by atoms with Crippen LogP contribution in [0.5, 0.6) is 0 Å². The summed E-state index contributed by atoms with van der Waals surface area (Å²) >= 11 is 0. The van der Waals surface area contributed by atoms with Gasteiger partial charge in [0.05, 0.1) is 13.2 Å². The molecule has 6 nitrogen and oxygen atoms in total. The molecule has 2 fully saturated rings. The molecule has 0 N–H and O–H groups in total. The molecular formula is C26H28O6. The average Bonchev–Trinajstić information content (AvgIpc) is 3.38. The van der Waals surface area contributed by atoms with Gasteiger partial charge in [-0.1, -0.05) is 71.8 Å². The Morgan fingerprint density at radius 3 is 2.09 bits per heavy atom. The number of esters is 1. The molecule has 2 aromatic carbocycles. The minimum absolute atomic E-state index is 0.270. The highest BCUT2D eigenvalue weighted by atomic mass is 17.2. The van der Waals surface area contributed by atoms with Crippen LogP contribution in [0.2, 0.25) is 0 Å². The van der Waals surface area contributed by atoms with E-state index in [1.165, 1.54) is 17.2 Å². The van der Waals surface area contributed by atoms with Crippen LogP contribution in [0.15, 0.2) is 60.7 Å². The fourth-order valence-corrected chi connectivity index (χ4v) is 3.67. The van der Waals surface area contributed by atoms with Crippen LogP contribution in [-0.4, -0.2) is 50.2 Å². The Morgan fingerprint density at radius 2 is 1.44 bits per heavy atom. The quantitative estimate of drug-likeness (QED) is 0.205. The number of fused-ring (bicyclic) bond motifs is 1. The smallest absolute Gasteiger partial charge is 0.331 e. The van der Waals surface area contributed by atoms with Crippen LogP contribution in [-0.2, 0) is 28.8 Å². The van der Waals surface area contributed by atoms with E-state index >= 15 is 0 Å². The third kappa shape index (κ3) is 5.93. The van der Waals surface area contributed by atoms with E-state index in [1.54, 1.807) is 6.08 Å². The second-order valence-electron chi connectivity index (χ2n) is 8.05. The standard InChI is InChI=1S/C26H28O6/c1-18-5-9-20(10-6-18)4-3-15-30-32-23-17-29-25-22(16-28-26(23)25)31-24(27)14-13-21-11-7-19(2)8-12-21/h3-14,22-23,25-26H,15-17H2,1-2H3/b4-3+,14-13-. The summed E-state index contributed by atoms with van der Waals surface area (Å²) in [4.78, 5) is 23.0. The number of ether oxygens (including phenoxy) is 3. The molecule has 0 amide bonds. The minimum atomic E-state index is -0.467. The first-order valence-electron chi connectivity index (χ1n) is 10.8. The molecule has 2 saturated heterocycles. The molecule has 0 aromatic heterocycles. The average molecular weight is 437 g/mol. The normalized spacial score (nSPS) is 24.9. The van der Waals surface area contributed by atoms with Crippen LogP contribution in [0.1, 0.15) is 22.3 Å². The molecular weight excluding hydrogens is 408 g/mol. The van der Waals surface area contributed by atoms with Crippen LogP contribution >= 0.6 is 0 Å². The fourth-order valence-electron chi connectivity index (χ4n) is 3.67. The SMILES string of the molecule is Cc1ccc(/C=C\C(=O)OC2COC3C(OOC/C=C/c4ccc(C)cc4)COC23)cc1. The maximum Gasteiger partial charge on any atom is 0.331 e. The fraction of sp³-hybridized carbons (Fsp3) is 0.346. The first-order valence-corrected chi connectivity index (χ1v) is 10.8. The molecule has 6 heteroatoms. The van der Waals surface area contributed by atoms with E-state index < -0.39 is 12.1 Å². The van der Waals surface area contributed by atoms with Crippen LogP contribution in [0.4, 0.5) is 0 Å². The second-order valence-corrected chi connectivity index (χ2v) is 8.05. The number of rotatable bonds is 8. The summed E-state index contributed by atoms with van der Waals surface area (Å²) in [5, 5.41) is 0. The summed E-state index contributed by atoms with van der Waals surface area (Å²) < 4.78 is 17.1. The lowest BCUT2D eigenvalue weighted by atomic mass is 10.1. The van der Waals surface area contributed by atoms with Crippen LogP contribution in [0.3, 0.4) is 0 Å². The molecule has 4 unspecified atom stereocenters. The van der Waals surface area contributed by atoms with Crippen molar-refractivity contribution >= 4 is 18.1 Å². The predicted octanol–water partition coefficient (Wildman–Crippen LogP) is 4.06. The maximum absolute atomic E-state index is 12.2. The van der Waals surface area contributed by atoms with Gasteiger partial charge in [-0.15, -0.1) is 0 Å². The number of carbonyl (C=O) groups is 1. The summed E-state index contributed by atoms with van der Waals surface area (Å²) in [5.41, 5.74) is 4.43. The van der Waals surface area contributed by atoms with E-state index in [4.69, 9.17) is 24.0 Å². The summed E-state index contributed by atoms with van der Waals surface area (Å²) in [6, 6.07) is 16.1. The third-order valence-corrected chi connectivity index (χ3v) is 5.46. The molecule has 4 atom stereocenters. The summed E-state index contributed by atoms with van der Waals surface area (Å²) in [6.07, 6.45) is 5.50. The van der Waals surface area contributed by atoms with Gasteiger partial charge < -0.3 is 14.2 Å². The van der Waals surface area contributed by atoms with Gasteiger partial charge in [0.25, 0.3) is 0 Å². The van der Waals surface area contributed by atoms with Gasteiger partial charge in [-0.2, -0.15) is 0 Å². The van der Waals surface area contributed by atoms with Gasteiger partial charge in [-0.3, -0.25) is 0 Å². The van der Waals surface area contributed by atoms with Gasteiger partial charge >= 0.3 is 5.97 Å². The molecule has 0 bridgehead atoms. The van der Waals surface area contributed by atoms with Crippen molar-refractivity contribution in [3.05, 3.63) is 82.9 Å². The first-order chi connectivity index (χ1) is 15.6. The molecule has 32 heavy (non-hydrogen) atoms. The first kappa shape index (κ1) is 22.4.